The van der Waals surface area contributed by atoms with Crippen molar-refractivity contribution in [3.05, 3.63) is 11.9 Å². The number of hydrogen-bond acceptors (Lipinski definition) is 0. The second-order valence-electron chi connectivity index (χ2n) is 3.66. The molecular weight excluding hydrogens is 151 g/mol. The van der Waals surface area contributed by atoms with Crippen LogP contribution in [-0.2, 0) is 0 Å². The van der Waals surface area contributed by atoms with Crippen LogP contribution in [0.2, 0.25) is 0 Å². The monoisotopic (exact) mass is 168 g/mol. The Morgan fingerprint density at radius 2 is 2.00 bits per heavy atom. The third-order valence-corrected chi connectivity index (χ3v) is 6.97. The first-order valence-electron chi connectivity index (χ1n) is 4.23. The quantitative estimate of drug-likeness (QED) is 0.385. The van der Waals surface area contributed by atoms with E-state index in [-0.39, 0.29) is 0 Å². The Labute approximate surface area is 70.4 Å². The predicted octanol–water partition coefficient (Wildman–Crippen LogP) is 2.90. The molecule has 1 rings (SSSR count). The van der Waals surface area contributed by atoms with Gasteiger partial charge in [0.1, 0.15) is 0 Å². The minimum absolute atomic E-state index is 0.743. The molecule has 1 heteroatoms. The Kier molecular flexibility index (Phi) is 2.40. The zero-order chi connectivity index (χ0) is 8.48. The van der Waals surface area contributed by atoms with Gasteiger partial charge in [-0.3, -0.25) is 0 Å². The molecule has 0 aliphatic carbocycles. The van der Waals surface area contributed by atoms with Crippen LogP contribution in [0.4, 0.5) is 0 Å². The van der Waals surface area contributed by atoms with Gasteiger partial charge in [0.2, 0.25) is 0 Å². The third-order valence-electron chi connectivity index (χ3n) is 2.87. The van der Waals surface area contributed by atoms with Crippen LogP contribution >= 0.6 is 7.26 Å². The minimum atomic E-state index is -1.29. The van der Waals surface area contributed by atoms with Crippen LogP contribution < -0.4 is 0 Å². The molecule has 0 aromatic rings. The van der Waals surface area contributed by atoms with Crippen LogP contribution in [-0.4, -0.2) is 12.3 Å². The molecule has 0 fully saturated rings. The molecule has 2 unspecified atom stereocenters. The van der Waals surface area contributed by atoms with Gasteiger partial charge in [-0.1, -0.05) is 0 Å². The predicted molar refractivity (Wildman–Crippen MR) is 55.5 cm³/mol. The zero-order valence-corrected chi connectivity index (χ0v) is 8.81. The molecule has 0 nitrogen and oxygen atoms in total. The maximum absolute atomic E-state index is 3.40. The Hall–Kier alpha value is -0.270. The van der Waals surface area contributed by atoms with E-state index < -0.39 is 7.26 Å². The van der Waals surface area contributed by atoms with Gasteiger partial charge in [-0.25, -0.2) is 0 Å². The Morgan fingerprint density at radius 1 is 1.36 bits per heavy atom. The van der Waals surface area contributed by atoms with E-state index in [0.717, 1.165) is 11.6 Å². The molecule has 11 heavy (non-hydrogen) atoms. The van der Waals surface area contributed by atoms with Crippen molar-refractivity contribution >= 4 is 7.26 Å². The van der Waals surface area contributed by atoms with Crippen LogP contribution in [0, 0.1) is 17.5 Å². The molecule has 1 heterocycles. The normalized spacial score (nSPS) is 36.0. The molecule has 1 aliphatic heterocycles. The summed E-state index contributed by atoms with van der Waals surface area (Å²) < 4.78 is 0. The SMILES string of the molecule is CC#C[PH]1(C)C=CC(C)C1C. The molecule has 0 spiro atoms. The summed E-state index contributed by atoms with van der Waals surface area (Å²) in [6.07, 6.45) is 2.33. The van der Waals surface area contributed by atoms with E-state index in [0.29, 0.717) is 0 Å². The summed E-state index contributed by atoms with van der Waals surface area (Å²) in [7, 11) is -1.29. The molecule has 0 amide bonds. The summed E-state index contributed by atoms with van der Waals surface area (Å²) in [4.78, 5) is 0. The average Bonchev–Trinajstić information content (AvgIpc) is 2.19. The Bertz CT molecular complexity index is 231. The Morgan fingerprint density at radius 3 is 2.36 bits per heavy atom. The molecule has 0 bridgehead atoms. The first-order valence-corrected chi connectivity index (χ1v) is 6.89. The van der Waals surface area contributed by atoms with Gasteiger partial charge < -0.3 is 0 Å². The van der Waals surface area contributed by atoms with Crippen LogP contribution in [0.25, 0.3) is 0 Å². The van der Waals surface area contributed by atoms with Crippen molar-refractivity contribution in [1.82, 2.24) is 0 Å². The van der Waals surface area contributed by atoms with E-state index in [2.05, 4.69) is 44.0 Å². The number of rotatable bonds is 0. The molecule has 0 N–H and O–H groups in total. The third kappa shape index (κ3) is 1.49. The van der Waals surface area contributed by atoms with Crippen molar-refractivity contribution in [2.75, 3.05) is 6.66 Å². The van der Waals surface area contributed by atoms with E-state index >= 15 is 0 Å². The van der Waals surface area contributed by atoms with Crippen molar-refractivity contribution in [3.63, 3.8) is 0 Å². The second-order valence-corrected chi connectivity index (χ2v) is 7.72. The van der Waals surface area contributed by atoms with Gasteiger partial charge in [0.05, 0.1) is 0 Å². The fraction of sp³-hybridized carbons (Fsp3) is 0.600. The fourth-order valence-corrected chi connectivity index (χ4v) is 4.70. The summed E-state index contributed by atoms with van der Waals surface area (Å²) in [6.45, 7) is 8.92. The van der Waals surface area contributed by atoms with Crippen molar-refractivity contribution in [1.29, 1.82) is 0 Å². The van der Waals surface area contributed by atoms with E-state index in [1.165, 1.54) is 0 Å². The number of allylic oxidation sites excluding steroid dienone is 1. The first kappa shape index (κ1) is 8.82. The van der Waals surface area contributed by atoms with Crippen LogP contribution in [0.3, 0.4) is 0 Å². The van der Waals surface area contributed by atoms with Gasteiger partial charge in [-0.05, 0) is 0 Å². The van der Waals surface area contributed by atoms with E-state index in [4.69, 9.17) is 0 Å². The second kappa shape index (κ2) is 3.00. The van der Waals surface area contributed by atoms with Gasteiger partial charge in [0.25, 0.3) is 0 Å². The maximum atomic E-state index is 3.40. The van der Waals surface area contributed by atoms with Crippen molar-refractivity contribution in [2.24, 2.45) is 5.92 Å². The molecule has 0 saturated heterocycles. The molecule has 0 saturated carbocycles. The molecular formula is C10H17P. The standard InChI is InChI=1S/C10H17P/c1-5-7-11(4)8-6-9(2)10(11)3/h6,8-11H,1-4H3. The average molecular weight is 168 g/mol. The van der Waals surface area contributed by atoms with Gasteiger partial charge in [-0.2, -0.15) is 0 Å². The van der Waals surface area contributed by atoms with E-state index in [1.807, 2.05) is 6.92 Å². The summed E-state index contributed by atoms with van der Waals surface area (Å²) in [6, 6.07) is 0. The molecule has 1 aliphatic rings. The molecule has 0 aromatic carbocycles. The van der Waals surface area contributed by atoms with E-state index in [9.17, 15) is 0 Å². The van der Waals surface area contributed by atoms with Crippen molar-refractivity contribution in [2.45, 2.75) is 26.4 Å². The number of hydrogen-bond donors (Lipinski definition) is 0. The summed E-state index contributed by atoms with van der Waals surface area (Å²) >= 11 is 0. The van der Waals surface area contributed by atoms with Gasteiger partial charge >= 0.3 is 69.8 Å². The zero-order valence-electron chi connectivity index (χ0n) is 7.81. The van der Waals surface area contributed by atoms with Crippen LogP contribution in [0.1, 0.15) is 20.8 Å². The van der Waals surface area contributed by atoms with Gasteiger partial charge in [-0.15, -0.1) is 0 Å². The Balaban J connectivity index is 2.87. The van der Waals surface area contributed by atoms with Crippen molar-refractivity contribution in [3.8, 4) is 11.6 Å². The summed E-state index contributed by atoms with van der Waals surface area (Å²) in [5.74, 6) is 6.19. The molecule has 62 valence electrons. The van der Waals surface area contributed by atoms with Crippen LogP contribution in [0.15, 0.2) is 11.9 Å². The van der Waals surface area contributed by atoms with Crippen LogP contribution in [0.5, 0.6) is 0 Å². The van der Waals surface area contributed by atoms with Gasteiger partial charge in [0, 0.05) is 0 Å². The fourth-order valence-electron chi connectivity index (χ4n) is 1.64. The molecule has 0 aromatic heterocycles. The van der Waals surface area contributed by atoms with Gasteiger partial charge in [0.15, 0.2) is 0 Å². The molecule has 0 radical (unpaired) electrons. The first-order chi connectivity index (χ1) is 5.10. The molecule has 2 atom stereocenters. The summed E-state index contributed by atoms with van der Waals surface area (Å²) in [5, 5.41) is 0. The topological polar surface area (TPSA) is 0 Å². The van der Waals surface area contributed by atoms with Crippen molar-refractivity contribution < 1.29 is 0 Å². The van der Waals surface area contributed by atoms with E-state index in [1.54, 1.807) is 0 Å². The summed E-state index contributed by atoms with van der Waals surface area (Å²) in [5.41, 5.74) is 4.20.